The predicted octanol–water partition coefficient (Wildman–Crippen LogP) is 2.44. The third-order valence-corrected chi connectivity index (χ3v) is 4.80. The molecule has 2 aliphatic rings. The highest BCUT2D eigenvalue weighted by molar-refractivity contribution is 5.75. The number of urea groups is 1. The quantitative estimate of drug-likeness (QED) is 0.914. The van der Waals surface area contributed by atoms with Crippen LogP contribution in [0, 0.1) is 0 Å². The molecule has 2 aliphatic heterocycles. The van der Waals surface area contributed by atoms with Gasteiger partial charge in [0.05, 0.1) is 12.6 Å². The van der Waals surface area contributed by atoms with Crippen LogP contribution >= 0.6 is 0 Å². The van der Waals surface area contributed by atoms with Crippen molar-refractivity contribution in [3.05, 3.63) is 54.2 Å². The van der Waals surface area contributed by atoms with Crippen LogP contribution in [0.1, 0.15) is 18.0 Å². The Balaban J connectivity index is 1.36. The summed E-state index contributed by atoms with van der Waals surface area (Å²) in [6.07, 6.45) is 2.60. The van der Waals surface area contributed by atoms with Gasteiger partial charge in [-0.2, -0.15) is 0 Å². The molecule has 2 aromatic rings. The lowest BCUT2D eigenvalue weighted by Crippen LogP contribution is -2.52. The van der Waals surface area contributed by atoms with Crippen LogP contribution in [0.15, 0.2) is 48.7 Å². The Morgan fingerprint density at radius 2 is 1.88 bits per heavy atom. The van der Waals surface area contributed by atoms with Crippen LogP contribution < -0.4 is 15.0 Å². The summed E-state index contributed by atoms with van der Waals surface area (Å²) in [5.41, 5.74) is 1.06. The minimum absolute atomic E-state index is 0.00220. The number of benzene rings is 1. The van der Waals surface area contributed by atoms with Gasteiger partial charge in [0.25, 0.3) is 0 Å². The first-order valence-corrected chi connectivity index (χ1v) is 8.74. The molecule has 25 heavy (non-hydrogen) atoms. The first-order valence-electron chi connectivity index (χ1n) is 8.74. The molecule has 6 heteroatoms. The molecule has 1 atom stereocenters. The van der Waals surface area contributed by atoms with Crippen molar-refractivity contribution in [1.29, 1.82) is 0 Å². The van der Waals surface area contributed by atoms with Gasteiger partial charge in [-0.05, 0) is 18.2 Å². The number of fused-ring (bicyclic) bond motifs is 1. The van der Waals surface area contributed by atoms with Crippen molar-refractivity contribution in [3.8, 4) is 5.75 Å². The molecule has 1 aromatic heterocycles. The van der Waals surface area contributed by atoms with Gasteiger partial charge in [-0.15, -0.1) is 0 Å². The fourth-order valence-electron chi connectivity index (χ4n) is 3.41. The zero-order chi connectivity index (χ0) is 17.1. The molecule has 6 nitrogen and oxygen atoms in total. The van der Waals surface area contributed by atoms with Gasteiger partial charge in [-0.25, -0.2) is 9.78 Å². The highest BCUT2D eigenvalue weighted by atomic mass is 16.5. The Hall–Kier alpha value is -2.76. The minimum Gasteiger partial charge on any atom is -0.493 e. The summed E-state index contributed by atoms with van der Waals surface area (Å²) in [6.45, 7) is 3.64. The van der Waals surface area contributed by atoms with Crippen molar-refractivity contribution >= 4 is 11.8 Å². The Labute approximate surface area is 147 Å². The molecule has 2 amide bonds. The van der Waals surface area contributed by atoms with E-state index < -0.39 is 0 Å². The maximum Gasteiger partial charge on any atom is 0.318 e. The maximum absolute atomic E-state index is 12.7. The van der Waals surface area contributed by atoms with E-state index in [1.54, 1.807) is 6.20 Å². The van der Waals surface area contributed by atoms with E-state index >= 15 is 0 Å². The van der Waals surface area contributed by atoms with Gasteiger partial charge < -0.3 is 19.9 Å². The van der Waals surface area contributed by atoms with Gasteiger partial charge in [0.1, 0.15) is 11.6 Å². The molecule has 1 saturated heterocycles. The lowest BCUT2D eigenvalue weighted by atomic mass is 10.0. The fourth-order valence-corrected chi connectivity index (χ4v) is 3.41. The summed E-state index contributed by atoms with van der Waals surface area (Å²) in [5, 5.41) is 3.17. The fraction of sp³-hybridized carbons (Fsp3) is 0.368. The number of para-hydroxylation sites is 1. The Bertz CT molecular complexity index is 729. The van der Waals surface area contributed by atoms with E-state index in [1.165, 1.54) is 0 Å². The Kier molecular flexibility index (Phi) is 4.41. The number of hydrogen-bond acceptors (Lipinski definition) is 4. The highest BCUT2D eigenvalue weighted by Gasteiger charge is 2.27. The predicted molar refractivity (Wildman–Crippen MR) is 95.8 cm³/mol. The summed E-state index contributed by atoms with van der Waals surface area (Å²) in [7, 11) is 0. The van der Waals surface area contributed by atoms with E-state index in [-0.39, 0.29) is 12.1 Å². The van der Waals surface area contributed by atoms with Crippen molar-refractivity contribution in [1.82, 2.24) is 15.2 Å². The van der Waals surface area contributed by atoms with Gasteiger partial charge in [0, 0.05) is 44.4 Å². The second-order valence-electron chi connectivity index (χ2n) is 6.34. The third-order valence-electron chi connectivity index (χ3n) is 4.80. The summed E-state index contributed by atoms with van der Waals surface area (Å²) < 4.78 is 5.67. The number of pyridine rings is 1. The first kappa shape index (κ1) is 15.7. The second-order valence-corrected chi connectivity index (χ2v) is 6.34. The third kappa shape index (κ3) is 3.38. The van der Waals surface area contributed by atoms with Crippen molar-refractivity contribution in [3.63, 3.8) is 0 Å². The van der Waals surface area contributed by atoms with Crippen molar-refractivity contribution < 1.29 is 9.53 Å². The molecule has 0 saturated carbocycles. The largest absolute Gasteiger partial charge is 0.493 e. The van der Waals surface area contributed by atoms with Crippen molar-refractivity contribution in [2.75, 3.05) is 37.7 Å². The number of rotatable bonds is 2. The minimum atomic E-state index is 0.00220. The maximum atomic E-state index is 12.7. The van der Waals surface area contributed by atoms with E-state index in [0.29, 0.717) is 19.7 Å². The number of nitrogens with zero attached hydrogens (tertiary/aromatic N) is 3. The van der Waals surface area contributed by atoms with Crippen LogP contribution in [0.2, 0.25) is 0 Å². The molecule has 0 spiro atoms. The first-order chi connectivity index (χ1) is 12.3. The van der Waals surface area contributed by atoms with Crippen molar-refractivity contribution in [2.45, 2.75) is 12.5 Å². The number of amides is 2. The number of nitrogens with one attached hydrogen (secondary N) is 1. The molecular weight excluding hydrogens is 316 g/mol. The van der Waals surface area contributed by atoms with Gasteiger partial charge in [0.2, 0.25) is 0 Å². The average molecular weight is 338 g/mol. The Morgan fingerprint density at radius 3 is 2.68 bits per heavy atom. The molecule has 3 heterocycles. The molecule has 0 aliphatic carbocycles. The zero-order valence-electron chi connectivity index (χ0n) is 14.1. The number of piperazine rings is 1. The summed E-state index contributed by atoms with van der Waals surface area (Å²) >= 11 is 0. The number of ether oxygens (including phenoxy) is 1. The van der Waals surface area contributed by atoms with E-state index in [9.17, 15) is 4.79 Å². The standard InChI is InChI=1S/C19H22N4O2/c24-19(21-16-8-14-25-17-6-2-1-5-15(16)17)23-12-10-22(11-13-23)18-7-3-4-9-20-18/h1-7,9,16H,8,10-14H2,(H,21,24). The normalized spacial score (nSPS) is 19.8. The van der Waals surface area contributed by atoms with E-state index in [2.05, 4.69) is 15.2 Å². The molecule has 1 fully saturated rings. The lowest BCUT2D eigenvalue weighted by molar-refractivity contribution is 0.183. The summed E-state index contributed by atoms with van der Waals surface area (Å²) in [6, 6.07) is 13.9. The molecule has 0 bridgehead atoms. The number of aromatic nitrogens is 1. The van der Waals surface area contributed by atoms with Crippen LogP contribution in [0.3, 0.4) is 0 Å². The van der Waals surface area contributed by atoms with Crippen LogP contribution in [0.4, 0.5) is 10.6 Å². The van der Waals surface area contributed by atoms with Crippen LogP contribution in [-0.4, -0.2) is 48.7 Å². The van der Waals surface area contributed by atoms with Crippen LogP contribution in [0.5, 0.6) is 5.75 Å². The van der Waals surface area contributed by atoms with Crippen LogP contribution in [0.25, 0.3) is 0 Å². The number of hydrogen-bond donors (Lipinski definition) is 1. The molecular formula is C19H22N4O2. The topological polar surface area (TPSA) is 57.7 Å². The van der Waals surface area contributed by atoms with Gasteiger partial charge in [0.15, 0.2) is 0 Å². The van der Waals surface area contributed by atoms with Crippen LogP contribution in [-0.2, 0) is 0 Å². The summed E-state index contributed by atoms with van der Waals surface area (Å²) in [4.78, 5) is 21.1. The van der Waals surface area contributed by atoms with Crippen molar-refractivity contribution in [2.24, 2.45) is 0 Å². The monoisotopic (exact) mass is 338 g/mol. The molecule has 0 radical (unpaired) electrons. The smallest absolute Gasteiger partial charge is 0.318 e. The molecule has 1 aromatic carbocycles. The number of anilines is 1. The molecule has 4 rings (SSSR count). The molecule has 1 unspecified atom stereocenters. The second kappa shape index (κ2) is 7.01. The SMILES string of the molecule is O=C(NC1CCOc2ccccc21)N1CCN(c2ccccn2)CC1. The van der Waals surface area contributed by atoms with E-state index in [0.717, 1.165) is 36.6 Å². The van der Waals surface area contributed by atoms with Gasteiger partial charge in [-0.1, -0.05) is 24.3 Å². The van der Waals surface area contributed by atoms with Gasteiger partial charge >= 0.3 is 6.03 Å². The van der Waals surface area contributed by atoms with E-state index in [4.69, 9.17) is 4.74 Å². The number of carbonyl (C=O) groups excluding carboxylic acids is 1. The Morgan fingerprint density at radius 1 is 1.08 bits per heavy atom. The lowest BCUT2D eigenvalue weighted by Gasteiger charge is -2.36. The number of carbonyl (C=O) groups is 1. The summed E-state index contributed by atoms with van der Waals surface area (Å²) in [5.74, 6) is 1.85. The van der Waals surface area contributed by atoms with Gasteiger partial charge in [-0.3, -0.25) is 0 Å². The highest BCUT2D eigenvalue weighted by Crippen LogP contribution is 2.31. The van der Waals surface area contributed by atoms with E-state index in [1.807, 2.05) is 47.4 Å². The average Bonchev–Trinajstić information content (AvgIpc) is 2.69. The molecule has 1 N–H and O–H groups in total. The zero-order valence-corrected chi connectivity index (χ0v) is 14.1. The molecule has 130 valence electrons.